The molecule has 1 aromatic carbocycles. The van der Waals surface area contributed by atoms with E-state index in [2.05, 4.69) is 24.4 Å². The molecule has 2 atom stereocenters. The molecule has 0 saturated heterocycles. The second kappa shape index (κ2) is 5.47. The zero-order chi connectivity index (χ0) is 14.1. The summed E-state index contributed by atoms with van der Waals surface area (Å²) in [6, 6.07) is 4.39. The fraction of sp³-hybridized carbons (Fsp3) is 0.588. The minimum atomic E-state index is 0.0642. The fourth-order valence-corrected chi connectivity index (χ4v) is 3.76. The second-order valence-electron chi connectivity index (χ2n) is 6.13. The van der Waals surface area contributed by atoms with Gasteiger partial charge in [-0.15, -0.1) is 0 Å². The van der Waals surface area contributed by atoms with Crippen molar-refractivity contribution in [1.82, 2.24) is 5.32 Å². The Bertz CT molecular complexity index is 524. The molecule has 3 nitrogen and oxygen atoms in total. The molecule has 1 aliphatic heterocycles. The van der Waals surface area contributed by atoms with Gasteiger partial charge in [0.05, 0.1) is 6.61 Å². The lowest BCUT2D eigenvalue weighted by Gasteiger charge is -2.24. The fourth-order valence-electron chi connectivity index (χ4n) is 3.76. The van der Waals surface area contributed by atoms with Crippen LogP contribution in [0.5, 0.6) is 5.75 Å². The summed E-state index contributed by atoms with van der Waals surface area (Å²) in [7, 11) is 0. The van der Waals surface area contributed by atoms with Crippen LogP contribution in [0.1, 0.15) is 49.3 Å². The normalized spacial score (nSPS) is 23.7. The summed E-state index contributed by atoms with van der Waals surface area (Å²) >= 11 is 0. The molecule has 0 fully saturated rings. The Morgan fingerprint density at radius 1 is 1.45 bits per heavy atom. The van der Waals surface area contributed by atoms with Crippen molar-refractivity contribution in [2.45, 2.75) is 45.4 Å². The van der Waals surface area contributed by atoms with Crippen molar-refractivity contribution in [1.29, 1.82) is 0 Å². The lowest BCUT2D eigenvalue weighted by atomic mass is 9.86. The van der Waals surface area contributed by atoms with E-state index in [9.17, 15) is 4.79 Å². The van der Waals surface area contributed by atoms with Crippen molar-refractivity contribution in [3.05, 3.63) is 28.8 Å². The third-order valence-corrected chi connectivity index (χ3v) is 4.66. The number of rotatable bonds is 3. The predicted molar refractivity (Wildman–Crippen MR) is 79.2 cm³/mol. The average molecular weight is 273 g/mol. The van der Waals surface area contributed by atoms with Crippen LogP contribution in [0.25, 0.3) is 0 Å². The van der Waals surface area contributed by atoms with E-state index in [1.54, 1.807) is 6.92 Å². The van der Waals surface area contributed by atoms with E-state index >= 15 is 0 Å². The smallest absolute Gasteiger partial charge is 0.216 e. The first-order chi connectivity index (χ1) is 9.66. The van der Waals surface area contributed by atoms with Crippen LogP contribution in [0.15, 0.2) is 12.1 Å². The van der Waals surface area contributed by atoms with Crippen molar-refractivity contribution in [3.8, 4) is 5.75 Å². The topological polar surface area (TPSA) is 38.3 Å². The Hall–Kier alpha value is -1.51. The maximum Gasteiger partial charge on any atom is 0.216 e. The number of fused-ring (bicyclic) bond motifs is 3. The van der Waals surface area contributed by atoms with Crippen molar-refractivity contribution in [2.75, 3.05) is 13.2 Å². The summed E-state index contributed by atoms with van der Waals surface area (Å²) in [5.41, 5.74) is 4.46. The molecule has 1 heterocycles. The summed E-state index contributed by atoms with van der Waals surface area (Å²) in [6.07, 6.45) is 4.45. The predicted octanol–water partition coefficient (Wildman–Crippen LogP) is 2.81. The van der Waals surface area contributed by atoms with E-state index in [-0.39, 0.29) is 5.91 Å². The summed E-state index contributed by atoms with van der Waals surface area (Å²) < 4.78 is 5.81. The van der Waals surface area contributed by atoms with Crippen LogP contribution < -0.4 is 10.1 Å². The van der Waals surface area contributed by atoms with Crippen LogP contribution in [0.4, 0.5) is 0 Å². The minimum Gasteiger partial charge on any atom is -0.493 e. The van der Waals surface area contributed by atoms with Crippen LogP contribution in [-0.4, -0.2) is 19.1 Å². The third-order valence-electron chi connectivity index (χ3n) is 4.66. The number of nitrogens with one attached hydrogen (secondary N) is 1. The van der Waals surface area contributed by atoms with Gasteiger partial charge in [-0.3, -0.25) is 4.79 Å². The zero-order valence-electron chi connectivity index (χ0n) is 12.4. The van der Waals surface area contributed by atoms with Crippen LogP contribution in [0.2, 0.25) is 0 Å². The molecule has 1 amide bonds. The highest BCUT2D eigenvalue weighted by atomic mass is 16.5. The first-order valence-electron chi connectivity index (χ1n) is 7.68. The Morgan fingerprint density at radius 2 is 2.30 bits per heavy atom. The van der Waals surface area contributed by atoms with Crippen LogP contribution in [-0.2, 0) is 17.6 Å². The highest BCUT2D eigenvalue weighted by molar-refractivity contribution is 5.72. The van der Waals surface area contributed by atoms with Crippen molar-refractivity contribution >= 4 is 5.91 Å². The SMILES string of the molecule is CC(=O)NCCC1c2c(ccc3c2CCCO3)CC1C. The Labute approximate surface area is 120 Å². The van der Waals surface area contributed by atoms with Gasteiger partial charge in [-0.05, 0) is 60.3 Å². The van der Waals surface area contributed by atoms with Gasteiger partial charge in [0, 0.05) is 13.5 Å². The molecule has 20 heavy (non-hydrogen) atoms. The first kappa shape index (κ1) is 13.5. The molecule has 2 unspecified atom stereocenters. The Morgan fingerprint density at radius 3 is 3.10 bits per heavy atom. The number of hydrogen-bond donors (Lipinski definition) is 1. The van der Waals surface area contributed by atoms with Crippen molar-refractivity contribution < 1.29 is 9.53 Å². The van der Waals surface area contributed by atoms with Crippen molar-refractivity contribution in [2.24, 2.45) is 5.92 Å². The van der Waals surface area contributed by atoms with E-state index in [1.807, 2.05) is 0 Å². The van der Waals surface area contributed by atoms with Crippen LogP contribution in [0.3, 0.4) is 0 Å². The van der Waals surface area contributed by atoms with Gasteiger partial charge in [0.1, 0.15) is 5.75 Å². The van der Waals surface area contributed by atoms with E-state index in [0.717, 1.165) is 44.6 Å². The van der Waals surface area contributed by atoms with E-state index in [0.29, 0.717) is 11.8 Å². The maximum absolute atomic E-state index is 11.0. The van der Waals surface area contributed by atoms with Gasteiger partial charge in [0.15, 0.2) is 0 Å². The molecular formula is C17H23NO2. The van der Waals surface area contributed by atoms with Gasteiger partial charge in [-0.2, -0.15) is 0 Å². The van der Waals surface area contributed by atoms with Gasteiger partial charge in [-0.1, -0.05) is 13.0 Å². The average Bonchev–Trinajstić information content (AvgIpc) is 2.75. The number of carbonyl (C=O) groups is 1. The molecule has 0 spiro atoms. The number of ether oxygens (including phenoxy) is 1. The molecule has 108 valence electrons. The number of carbonyl (C=O) groups excluding carboxylic acids is 1. The number of benzene rings is 1. The first-order valence-corrected chi connectivity index (χ1v) is 7.68. The molecular weight excluding hydrogens is 250 g/mol. The Balaban J connectivity index is 1.85. The maximum atomic E-state index is 11.0. The van der Waals surface area contributed by atoms with E-state index < -0.39 is 0 Å². The van der Waals surface area contributed by atoms with E-state index in [4.69, 9.17) is 4.74 Å². The molecule has 1 aliphatic carbocycles. The minimum absolute atomic E-state index is 0.0642. The van der Waals surface area contributed by atoms with Gasteiger partial charge < -0.3 is 10.1 Å². The standard InChI is InChI=1S/C17H23NO2/c1-11-10-13-5-6-16-15(4-3-9-20-16)17(13)14(11)7-8-18-12(2)19/h5-6,11,14H,3-4,7-10H2,1-2H3,(H,18,19). The lowest BCUT2D eigenvalue weighted by Crippen LogP contribution is -2.23. The molecule has 0 saturated carbocycles. The van der Waals surface area contributed by atoms with Crippen LogP contribution in [0, 0.1) is 5.92 Å². The molecule has 2 aliphatic rings. The Kier molecular flexibility index (Phi) is 3.68. The summed E-state index contributed by atoms with van der Waals surface area (Å²) in [4.78, 5) is 11.0. The number of amides is 1. The molecule has 0 bridgehead atoms. The molecule has 3 rings (SSSR count). The molecule has 1 N–H and O–H groups in total. The highest BCUT2D eigenvalue weighted by Crippen LogP contribution is 2.45. The monoisotopic (exact) mass is 273 g/mol. The molecule has 3 heteroatoms. The van der Waals surface area contributed by atoms with Gasteiger partial charge in [0.2, 0.25) is 5.91 Å². The van der Waals surface area contributed by atoms with E-state index in [1.165, 1.54) is 16.7 Å². The summed E-state index contributed by atoms with van der Waals surface area (Å²) in [5, 5.41) is 2.93. The van der Waals surface area contributed by atoms with Crippen LogP contribution >= 0.6 is 0 Å². The second-order valence-corrected chi connectivity index (χ2v) is 6.13. The van der Waals surface area contributed by atoms with Gasteiger partial charge in [-0.25, -0.2) is 0 Å². The molecule has 0 aromatic heterocycles. The zero-order valence-corrected chi connectivity index (χ0v) is 12.4. The van der Waals surface area contributed by atoms with Gasteiger partial charge >= 0.3 is 0 Å². The lowest BCUT2D eigenvalue weighted by molar-refractivity contribution is -0.118. The molecule has 0 radical (unpaired) electrons. The number of hydrogen-bond acceptors (Lipinski definition) is 2. The third kappa shape index (κ3) is 2.41. The molecule has 1 aromatic rings. The largest absolute Gasteiger partial charge is 0.493 e. The highest BCUT2D eigenvalue weighted by Gasteiger charge is 2.33. The van der Waals surface area contributed by atoms with Gasteiger partial charge in [0.25, 0.3) is 0 Å². The summed E-state index contributed by atoms with van der Waals surface area (Å²) in [6.45, 7) is 5.53. The quantitative estimate of drug-likeness (QED) is 0.919. The summed E-state index contributed by atoms with van der Waals surface area (Å²) in [5.74, 6) is 2.38. The van der Waals surface area contributed by atoms with Crippen molar-refractivity contribution in [3.63, 3.8) is 0 Å².